The molecule has 0 saturated heterocycles. The van der Waals surface area contributed by atoms with Crippen LogP contribution in [0.4, 0.5) is 5.69 Å². The molecule has 8 heteroatoms. The van der Waals surface area contributed by atoms with Crippen molar-refractivity contribution in [1.82, 2.24) is 10.3 Å². The maximum absolute atomic E-state index is 5.59. The molecule has 0 amide bonds. The molecule has 0 spiro atoms. The van der Waals surface area contributed by atoms with Crippen molar-refractivity contribution in [1.29, 1.82) is 0 Å². The van der Waals surface area contributed by atoms with Gasteiger partial charge in [-0.1, -0.05) is 0 Å². The third-order valence-corrected chi connectivity index (χ3v) is 3.42. The maximum Gasteiger partial charge on any atom is 0.213 e. The van der Waals surface area contributed by atoms with Gasteiger partial charge >= 0.3 is 0 Å². The average molecular weight is 472 g/mol. The third kappa shape index (κ3) is 6.25. The number of benzene rings is 1. The number of pyridine rings is 1. The molecule has 2 rings (SSSR count). The van der Waals surface area contributed by atoms with E-state index in [0.29, 0.717) is 36.5 Å². The molecule has 1 aromatic carbocycles. The summed E-state index contributed by atoms with van der Waals surface area (Å²) in [6.07, 6.45) is 1.71. The van der Waals surface area contributed by atoms with Crippen LogP contribution in [0, 0.1) is 0 Å². The van der Waals surface area contributed by atoms with Crippen LogP contribution in [0.5, 0.6) is 17.4 Å². The van der Waals surface area contributed by atoms with E-state index in [-0.39, 0.29) is 24.0 Å². The van der Waals surface area contributed by atoms with Gasteiger partial charge in [-0.3, -0.25) is 4.99 Å². The Bertz CT molecular complexity index is 725. The molecule has 0 aliphatic carbocycles. The van der Waals surface area contributed by atoms with Gasteiger partial charge in [-0.25, -0.2) is 4.98 Å². The number of methoxy groups -OCH3 is 2. The summed E-state index contributed by atoms with van der Waals surface area (Å²) in [5, 5.41) is 6.48. The molecule has 7 nitrogen and oxygen atoms in total. The fraction of sp³-hybridized carbons (Fsp3) is 0.333. The van der Waals surface area contributed by atoms with E-state index in [1.165, 1.54) is 0 Å². The molecular weight excluding hydrogens is 447 g/mol. The molecule has 0 saturated carbocycles. The summed E-state index contributed by atoms with van der Waals surface area (Å²) in [5.41, 5.74) is 1.89. The lowest BCUT2D eigenvalue weighted by Gasteiger charge is -2.15. The summed E-state index contributed by atoms with van der Waals surface area (Å²) in [7, 11) is 4.93. The van der Waals surface area contributed by atoms with Crippen LogP contribution in [-0.2, 0) is 6.54 Å². The Hall–Kier alpha value is -2.23. The molecule has 142 valence electrons. The van der Waals surface area contributed by atoms with Crippen molar-refractivity contribution >= 4 is 35.6 Å². The first-order valence-electron chi connectivity index (χ1n) is 7.97. The molecule has 1 aromatic heterocycles. The van der Waals surface area contributed by atoms with Crippen molar-refractivity contribution in [3.63, 3.8) is 0 Å². The van der Waals surface area contributed by atoms with Crippen LogP contribution < -0.4 is 24.8 Å². The third-order valence-electron chi connectivity index (χ3n) is 3.42. The number of aliphatic imine (C=N–C) groups is 1. The summed E-state index contributed by atoms with van der Waals surface area (Å²) < 4.78 is 16.0. The van der Waals surface area contributed by atoms with Crippen molar-refractivity contribution in [2.45, 2.75) is 13.5 Å². The van der Waals surface area contributed by atoms with E-state index in [1.807, 2.05) is 37.3 Å². The number of anilines is 1. The van der Waals surface area contributed by atoms with E-state index in [0.717, 1.165) is 11.3 Å². The van der Waals surface area contributed by atoms with Gasteiger partial charge in [0.15, 0.2) is 17.5 Å². The highest BCUT2D eigenvalue weighted by Gasteiger charge is 2.07. The highest BCUT2D eigenvalue weighted by Crippen LogP contribution is 2.30. The molecule has 1 heterocycles. The first-order valence-corrected chi connectivity index (χ1v) is 7.97. The van der Waals surface area contributed by atoms with Crippen molar-refractivity contribution in [2.75, 3.05) is 33.2 Å². The second-order valence-corrected chi connectivity index (χ2v) is 5.06. The Morgan fingerprint density at radius 3 is 2.58 bits per heavy atom. The van der Waals surface area contributed by atoms with E-state index in [2.05, 4.69) is 20.6 Å². The van der Waals surface area contributed by atoms with E-state index in [9.17, 15) is 0 Å². The topological polar surface area (TPSA) is 77.0 Å². The van der Waals surface area contributed by atoms with Crippen molar-refractivity contribution in [2.24, 2.45) is 4.99 Å². The molecule has 2 aromatic rings. The van der Waals surface area contributed by atoms with E-state index in [1.54, 1.807) is 27.5 Å². The number of hydrogen-bond donors (Lipinski definition) is 2. The molecule has 0 aliphatic rings. The minimum Gasteiger partial charge on any atom is -0.493 e. The zero-order valence-corrected chi connectivity index (χ0v) is 17.7. The number of rotatable bonds is 7. The second kappa shape index (κ2) is 11.4. The molecule has 26 heavy (non-hydrogen) atoms. The van der Waals surface area contributed by atoms with Crippen molar-refractivity contribution in [3.05, 3.63) is 42.1 Å². The summed E-state index contributed by atoms with van der Waals surface area (Å²) in [6, 6.07) is 9.44. The van der Waals surface area contributed by atoms with Gasteiger partial charge < -0.3 is 24.8 Å². The van der Waals surface area contributed by atoms with Crippen LogP contribution in [0.3, 0.4) is 0 Å². The first-order chi connectivity index (χ1) is 12.2. The molecule has 0 bridgehead atoms. The van der Waals surface area contributed by atoms with Gasteiger partial charge in [0, 0.05) is 37.6 Å². The summed E-state index contributed by atoms with van der Waals surface area (Å²) in [5.74, 6) is 2.60. The molecule has 0 unspecified atom stereocenters. The van der Waals surface area contributed by atoms with Gasteiger partial charge in [0.25, 0.3) is 0 Å². The number of nitrogens with one attached hydrogen (secondary N) is 2. The average Bonchev–Trinajstić information content (AvgIpc) is 2.65. The molecule has 0 radical (unpaired) electrons. The zero-order chi connectivity index (χ0) is 18.1. The van der Waals surface area contributed by atoms with Gasteiger partial charge in [-0.05, 0) is 30.7 Å². The van der Waals surface area contributed by atoms with Crippen molar-refractivity contribution in [3.8, 4) is 17.4 Å². The van der Waals surface area contributed by atoms with E-state index >= 15 is 0 Å². The normalized spacial score (nSPS) is 10.5. The number of hydrogen-bond acceptors (Lipinski definition) is 5. The van der Waals surface area contributed by atoms with Crippen LogP contribution in [0.15, 0.2) is 41.5 Å². The molecule has 2 N–H and O–H groups in total. The van der Waals surface area contributed by atoms with E-state index < -0.39 is 0 Å². The monoisotopic (exact) mass is 472 g/mol. The van der Waals surface area contributed by atoms with Crippen LogP contribution in [0.1, 0.15) is 12.5 Å². The number of aromatic nitrogens is 1. The smallest absolute Gasteiger partial charge is 0.213 e. The summed E-state index contributed by atoms with van der Waals surface area (Å²) >= 11 is 0. The van der Waals surface area contributed by atoms with Gasteiger partial charge in [0.2, 0.25) is 5.88 Å². The number of halogens is 1. The van der Waals surface area contributed by atoms with Gasteiger partial charge in [0.1, 0.15) is 0 Å². The lowest BCUT2D eigenvalue weighted by Crippen LogP contribution is -2.30. The Balaban J connectivity index is 0.00000338. The Kier molecular flexibility index (Phi) is 9.56. The minimum absolute atomic E-state index is 0. The highest BCUT2D eigenvalue weighted by molar-refractivity contribution is 14.0. The lowest BCUT2D eigenvalue weighted by atomic mass is 10.2. The summed E-state index contributed by atoms with van der Waals surface area (Å²) in [6.45, 7) is 3.09. The molecular formula is C18H25IN4O3. The molecule has 0 fully saturated rings. The predicted molar refractivity (Wildman–Crippen MR) is 114 cm³/mol. The lowest BCUT2D eigenvalue weighted by molar-refractivity contribution is 0.311. The fourth-order valence-electron chi connectivity index (χ4n) is 2.20. The molecule has 0 atom stereocenters. The predicted octanol–water partition coefficient (Wildman–Crippen LogP) is 3.30. The fourth-order valence-corrected chi connectivity index (χ4v) is 2.20. The minimum atomic E-state index is 0. The quantitative estimate of drug-likeness (QED) is 0.366. The SMILES string of the molecule is CCOc1cc(NC(=NC)NCc2ccnc(OC)c2)ccc1OC.I. The Labute approximate surface area is 171 Å². The maximum atomic E-state index is 5.59. The number of nitrogens with zero attached hydrogens (tertiary/aromatic N) is 2. The Morgan fingerprint density at radius 2 is 1.92 bits per heavy atom. The Morgan fingerprint density at radius 1 is 1.12 bits per heavy atom. The zero-order valence-electron chi connectivity index (χ0n) is 15.4. The highest BCUT2D eigenvalue weighted by atomic mass is 127. The van der Waals surface area contributed by atoms with E-state index in [4.69, 9.17) is 14.2 Å². The largest absolute Gasteiger partial charge is 0.493 e. The second-order valence-electron chi connectivity index (χ2n) is 5.06. The van der Waals surface area contributed by atoms with Crippen molar-refractivity contribution < 1.29 is 14.2 Å². The van der Waals surface area contributed by atoms with Gasteiger partial charge in [-0.15, -0.1) is 24.0 Å². The first kappa shape index (κ1) is 21.8. The van der Waals surface area contributed by atoms with Crippen LogP contribution in [-0.4, -0.2) is 38.8 Å². The number of guanidine groups is 1. The van der Waals surface area contributed by atoms with Crippen LogP contribution >= 0.6 is 24.0 Å². The van der Waals surface area contributed by atoms with Gasteiger partial charge in [-0.2, -0.15) is 0 Å². The number of ether oxygens (including phenoxy) is 3. The van der Waals surface area contributed by atoms with Gasteiger partial charge in [0.05, 0.1) is 20.8 Å². The molecule has 0 aliphatic heterocycles. The standard InChI is InChI=1S/C18H24N4O3.HI/c1-5-25-16-11-14(6-7-15(16)23-3)22-18(19-2)21-12-13-8-9-20-17(10-13)24-4;/h6-11H,5,12H2,1-4H3,(H2,19,21,22);1H. The van der Waals surface area contributed by atoms with Crippen LogP contribution in [0.2, 0.25) is 0 Å². The summed E-state index contributed by atoms with van der Waals surface area (Å²) in [4.78, 5) is 8.33. The van der Waals surface area contributed by atoms with Crippen LogP contribution in [0.25, 0.3) is 0 Å².